The van der Waals surface area contributed by atoms with Crippen LogP contribution < -0.4 is 0 Å². The molecule has 0 aliphatic heterocycles. The van der Waals surface area contributed by atoms with Gasteiger partial charge in [0.1, 0.15) is 11.6 Å². The average Bonchev–Trinajstić information content (AvgIpc) is 2.18. The van der Waals surface area contributed by atoms with Gasteiger partial charge in [-0.3, -0.25) is 9.59 Å². The standard InChI is InChI=1S/C13H22O2/c1-3-5-6-7-10-8-12(14)11(4-2)13(15)9-10/h10-11H,3-9H2,1-2H3. The summed E-state index contributed by atoms with van der Waals surface area (Å²) in [6, 6.07) is 0. The lowest BCUT2D eigenvalue weighted by Crippen LogP contribution is -2.32. The van der Waals surface area contributed by atoms with Gasteiger partial charge in [0, 0.05) is 12.8 Å². The summed E-state index contributed by atoms with van der Waals surface area (Å²) in [7, 11) is 0. The Hall–Kier alpha value is -0.660. The molecule has 0 heterocycles. The number of ketones is 2. The Morgan fingerprint density at radius 2 is 1.67 bits per heavy atom. The Bertz CT molecular complexity index is 215. The molecule has 0 atom stereocenters. The Morgan fingerprint density at radius 1 is 1.07 bits per heavy atom. The predicted octanol–water partition coefficient (Wildman–Crippen LogP) is 3.14. The van der Waals surface area contributed by atoms with Crippen LogP contribution in [0.5, 0.6) is 0 Å². The molecule has 0 aromatic rings. The van der Waals surface area contributed by atoms with E-state index in [4.69, 9.17) is 0 Å². The number of rotatable bonds is 5. The molecular formula is C13H22O2. The van der Waals surface area contributed by atoms with Crippen LogP contribution >= 0.6 is 0 Å². The first-order chi connectivity index (χ1) is 7.19. The zero-order valence-corrected chi connectivity index (χ0v) is 9.92. The predicted molar refractivity (Wildman–Crippen MR) is 60.7 cm³/mol. The van der Waals surface area contributed by atoms with Gasteiger partial charge in [0.2, 0.25) is 0 Å². The second-order valence-corrected chi connectivity index (χ2v) is 4.66. The first-order valence-electron chi connectivity index (χ1n) is 6.24. The van der Waals surface area contributed by atoms with Gasteiger partial charge in [-0.15, -0.1) is 0 Å². The molecule has 0 bridgehead atoms. The normalized spacial score (nSPS) is 27.1. The van der Waals surface area contributed by atoms with E-state index in [1.54, 1.807) is 0 Å². The Labute approximate surface area is 92.4 Å². The zero-order valence-electron chi connectivity index (χ0n) is 9.92. The van der Waals surface area contributed by atoms with Gasteiger partial charge < -0.3 is 0 Å². The summed E-state index contributed by atoms with van der Waals surface area (Å²) >= 11 is 0. The average molecular weight is 210 g/mol. The molecule has 2 heteroatoms. The summed E-state index contributed by atoms with van der Waals surface area (Å²) < 4.78 is 0. The van der Waals surface area contributed by atoms with Gasteiger partial charge in [-0.25, -0.2) is 0 Å². The fourth-order valence-electron chi connectivity index (χ4n) is 2.45. The van der Waals surface area contributed by atoms with Crippen LogP contribution in [0.2, 0.25) is 0 Å². The van der Waals surface area contributed by atoms with E-state index < -0.39 is 0 Å². The van der Waals surface area contributed by atoms with Crippen molar-refractivity contribution in [1.29, 1.82) is 0 Å². The lowest BCUT2D eigenvalue weighted by molar-refractivity contribution is -0.137. The molecule has 1 saturated carbocycles. The molecule has 86 valence electrons. The molecular weight excluding hydrogens is 188 g/mol. The molecule has 1 rings (SSSR count). The van der Waals surface area contributed by atoms with Gasteiger partial charge in [-0.05, 0) is 18.8 Å². The summed E-state index contributed by atoms with van der Waals surface area (Å²) in [4.78, 5) is 23.3. The lowest BCUT2D eigenvalue weighted by Gasteiger charge is -2.25. The first kappa shape index (κ1) is 12.4. The molecule has 1 aliphatic rings. The second-order valence-electron chi connectivity index (χ2n) is 4.66. The maximum Gasteiger partial charge on any atom is 0.143 e. The number of Topliss-reactive ketones (excluding diaryl/α,β-unsaturated/α-hetero) is 2. The molecule has 1 fully saturated rings. The van der Waals surface area contributed by atoms with Crippen molar-refractivity contribution in [3.8, 4) is 0 Å². The lowest BCUT2D eigenvalue weighted by atomic mass is 9.77. The molecule has 0 unspecified atom stereocenters. The minimum atomic E-state index is -0.271. The molecule has 15 heavy (non-hydrogen) atoms. The van der Waals surface area contributed by atoms with Crippen LogP contribution in [-0.2, 0) is 9.59 Å². The van der Waals surface area contributed by atoms with Crippen molar-refractivity contribution in [2.75, 3.05) is 0 Å². The van der Waals surface area contributed by atoms with Crippen LogP contribution in [-0.4, -0.2) is 11.6 Å². The van der Waals surface area contributed by atoms with Crippen molar-refractivity contribution in [1.82, 2.24) is 0 Å². The third-order valence-corrected chi connectivity index (χ3v) is 3.38. The van der Waals surface area contributed by atoms with Crippen LogP contribution in [0.15, 0.2) is 0 Å². The minimum Gasteiger partial charge on any atom is -0.299 e. The summed E-state index contributed by atoms with van der Waals surface area (Å²) in [6.45, 7) is 4.10. The third-order valence-electron chi connectivity index (χ3n) is 3.38. The molecule has 2 nitrogen and oxygen atoms in total. The summed E-state index contributed by atoms with van der Waals surface area (Å²) in [5, 5.41) is 0. The van der Waals surface area contributed by atoms with E-state index in [9.17, 15) is 9.59 Å². The number of hydrogen-bond donors (Lipinski definition) is 0. The van der Waals surface area contributed by atoms with Crippen molar-refractivity contribution in [2.45, 2.75) is 58.8 Å². The van der Waals surface area contributed by atoms with E-state index in [0.29, 0.717) is 25.2 Å². The van der Waals surface area contributed by atoms with Crippen molar-refractivity contribution in [3.63, 3.8) is 0 Å². The second kappa shape index (κ2) is 6.04. The van der Waals surface area contributed by atoms with E-state index in [-0.39, 0.29) is 17.5 Å². The van der Waals surface area contributed by atoms with Crippen LogP contribution in [0.3, 0.4) is 0 Å². The minimum absolute atomic E-state index is 0.190. The van der Waals surface area contributed by atoms with Gasteiger partial charge >= 0.3 is 0 Å². The molecule has 0 saturated heterocycles. The van der Waals surface area contributed by atoms with E-state index in [2.05, 4.69) is 6.92 Å². The van der Waals surface area contributed by atoms with E-state index in [1.165, 1.54) is 19.3 Å². The highest BCUT2D eigenvalue weighted by Crippen LogP contribution is 2.28. The summed E-state index contributed by atoms with van der Waals surface area (Å²) in [5.74, 6) is 0.456. The largest absolute Gasteiger partial charge is 0.299 e. The van der Waals surface area contributed by atoms with E-state index in [1.807, 2.05) is 6.92 Å². The highest BCUT2D eigenvalue weighted by molar-refractivity contribution is 6.04. The van der Waals surface area contributed by atoms with Gasteiger partial charge in [-0.2, -0.15) is 0 Å². The molecule has 0 N–H and O–H groups in total. The molecule has 0 aromatic heterocycles. The van der Waals surface area contributed by atoms with Gasteiger partial charge in [0.25, 0.3) is 0 Å². The molecule has 0 radical (unpaired) electrons. The summed E-state index contributed by atoms with van der Waals surface area (Å²) in [5.41, 5.74) is 0. The Morgan fingerprint density at radius 3 is 2.13 bits per heavy atom. The monoisotopic (exact) mass is 210 g/mol. The number of carbonyl (C=O) groups excluding carboxylic acids is 2. The van der Waals surface area contributed by atoms with Crippen LogP contribution in [0.1, 0.15) is 58.8 Å². The zero-order chi connectivity index (χ0) is 11.3. The maximum absolute atomic E-state index is 11.7. The van der Waals surface area contributed by atoms with Crippen LogP contribution in [0.4, 0.5) is 0 Å². The van der Waals surface area contributed by atoms with Gasteiger partial charge in [0.05, 0.1) is 5.92 Å². The number of carbonyl (C=O) groups is 2. The van der Waals surface area contributed by atoms with Gasteiger partial charge in [-0.1, -0.05) is 33.1 Å². The fraction of sp³-hybridized carbons (Fsp3) is 0.846. The highest BCUT2D eigenvalue weighted by atomic mass is 16.2. The third kappa shape index (κ3) is 3.44. The van der Waals surface area contributed by atoms with Gasteiger partial charge in [0.15, 0.2) is 0 Å². The topological polar surface area (TPSA) is 34.1 Å². The van der Waals surface area contributed by atoms with Crippen molar-refractivity contribution in [3.05, 3.63) is 0 Å². The van der Waals surface area contributed by atoms with E-state index in [0.717, 1.165) is 6.42 Å². The molecule has 0 spiro atoms. The van der Waals surface area contributed by atoms with Crippen molar-refractivity contribution >= 4 is 11.6 Å². The maximum atomic E-state index is 11.7. The highest BCUT2D eigenvalue weighted by Gasteiger charge is 2.33. The SMILES string of the molecule is CCCCCC1CC(=O)C(CC)C(=O)C1. The number of hydrogen-bond acceptors (Lipinski definition) is 2. The molecule has 1 aliphatic carbocycles. The fourth-order valence-corrected chi connectivity index (χ4v) is 2.45. The van der Waals surface area contributed by atoms with Crippen LogP contribution in [0, 0.1) is 11.8 Å². The molecule has 0 amide bonds. The quantitative estimate of drug-likeness (QED) is 0.516. The smallest absolute Gasteiger partial charge is 0.143 e. The first-order valence-corrected chi connectivity index (χ1v) is 6.24. The van der Waals surface area contributed by atoms with Crippen molar-refractivity contribution < 1.29 is 9.59 Å². The number of unbranched alkanes of at least 4 members (excludes halogenated alkanes) is 2. The molecule has 0 aromatic carbocycles. The Balaban J connectivity index is 2.39. The Kier molecular flexibility index (Phi) is 5.00. The van der Waals surface area contributed by atoms with Crippen molar-refractivity contribution in [2.24, 2.45) is 11.8 Å². The van der Waals surface area contributed by atoms with Crippen LogP contribution in [0.25, 0.3) is 0 Å². The van der Waals surface area contributed by atoms with E-state index >= 15 is 0 Å². The summed E-state index contributed by atoms with van der Waals surface area (Å²) in [6.07, 6.45) is 6.63.